The monoisotopic (exact) mass is 572 g/mol. The van der Waals surface area contributed by atoms with E-state index in [2.05, 4.69) is 125 Å². The standard InChI is InChI=1S/4C7H7.Pb/c4*1-7-5-3-2-4-6-7;/h4*2-5H,1H3;. The van der Waals surface area contributed by atoms with Gasteiger partial charge in [0, 0.05) is 0 Å². The molecule has 29 heavy (non-hydrogen) atoms. The van der Waals surface area contributed by atoms with Crippen molar-refractivity contribution in [3.8, 4) is 0 Å². The van der Waals surface area contributed by atoms with E-state index >= 15 is 0 Å². The van der Waals surface area contributed by atoms with Crippen LogP contribution in [0.15, 0.2) is 97.1 Å². The molecule has 0 amide bonds. The van der Waals surface area contributed by atoms with Gasteiger partial charge in [0.1, 0.15) is 0 Å². The van der Waals surface area contributed by atoms with Gasteiger partial charge in [-0.15, -0.1) is 0 Å². The Morgan fingerprint density at radius 1 is 0.345 bits per heavy atom. The quantitative estimate of drug-likeness (QED) is 0.321. The second kappa shape index (κ2) is 8.27. The first kappa shape index (κ1) is 20.1. The van der Waals surface area contributed by atoms with Crippen molar-refractivity contribution >= 4 is 33.7 Å². The molecule has 0 radical (unpaired) electrons. The van der Waals surface area contributed by atoms with Crippen LogP contribution < -0.4 is 12.5 Å². The molecular weight excluding hydrogens is 544 g/mol. The van der Waals surface area contributed by atoms with E-state index in [-0.39, 0.29) is 0 Å². The molecule has 0 spiro atoms. The maximum absolute atomic E-state index is 3.74. The normalized spacial score (nSPS) is 11.4. The molecule has 4 rings (SSSR count). The topological polar surface area (TPSA) is 0 Å². The fraction of sp³-hybridized carbons (Fsp3) is 0.143. The van der Waals surface area contributed by atoms with Crippen molar-refractivity contribution in [1.82, 2.24) is 0 Å². The summed E-state index contributed by atoms with van der Waals surface area (Å²) in [4.78, 5) is 0. The van der Waals surface area contributed by atoms with E-state index in [0.29, 0.717) is 0 Å². The van der Waals surface area contributed by atoms with Gasteiger partial charge in [-0.05, 0) is 0 Å². The predicted octanol–water partition coefficient (Wildman–Crippen LogP) is 4.30. The van der Waals surface area contributed by atoms with Crippen molar-refractivity contribution in [2.45, 2.75) is 27.7 Å². The number of hydrogen-bond donors (Lipinski definition) is 0. The van der Waals surface area contributed by atoms with E-state index in [0.717, 1.165) is 0 Å². The average Bonchev–Trinajstić information content (AvgIpc) is 2.73. The second-order valence-corrected chi connectivity index (χ2v) is 22.2. The zero-order chi connectivity index (χ0) is 20.4. The average molecular weight is 572 g/mol. The van der Waals surface area contributed by atoms with E-state index < -0.39 is 21.2 Å². The molecule has 0 aliphatic heterocycles. The van der Waals surface area contributed by atoms with E-state index in [1.165, 1.54) is 22.3 Å². The number of aryl methyl sites for hydroxylation is 4. The summed E-state index contributed by atoms with van der Waals surface area (Å²) < 4.78 is 6.27. The van der Waals surface area contributed by atoms with Crippen LogP contribution in [-0.2, 0) is 0 Å². The minimum absolute atomic E-state index is 1.41. The molecule has 0 heterocycles. The number of benzene rings is 4. The first-order valence-electron chi connectivity index (χ1n) is 10.3. The number of rotatable bonds is 4. The van der Waals surface area contributed by atoms with Crippen LogP contribution in [0.4, 0.5) is 0 Å². The van der Waals surface area contributed by atoms with E-state index in [1.54, 1.807) is 12.5 Å². The predicted molar refractivity (Wildman–Crippen MR) is 129 cm³/mol. The minimum atomic E-state index is -3.74. The van der Waals surface area contributed by atoms with E-state index in [4.69, 9.17) is 0 Å². The van der Waals surface area contributed by atoms with Gasteiger partial charge in [-0.25, -0.2) is 0 Å². The third-order valence-corrected chi connectivity index (χ3v) is 27.5. The van der Waals surface area contributed by atoms with Crippen LogP contribution in [0.25, 0.3) is 0 Å². The molecule has 0 saturated carbocycles. The summed E-state index contributed by atoms with van der Waals surface area (Å²) in [5.74, 6) is 0. The molecule has 0 N–H and O–H groups in total. The third kappa shape index (κ3) is 3.38. The van der Waals surface area contributed by atoms with Gasteiger partial charge in [-0.3, -0.25) is 0 Å². The van der Waals surface area contributed by atoms with Gasteiger partial charge in [0.15, 0.2) is 0 Å². The Bertz CT molecular complexity index is 969. The van der Waals surface area contributed by atoms with Crippen LogP contribution in [-0.4, -0.2) is 21.2 Å². The van der Waals surface area contributed by atoms with Crippen molar-refractivity contribution in [3.05, 3.63) is 119 Å². The van der Waals surface area contributed by atoms with Crippen molar-refractivity contribution in [2.24, 2.45) is 0 Å². The van der Waals surface area contributed by atoms with Gasteiger partial charge in [0.05, 0.1) is 0 Å². The fourth-order valence-corrected chi connectivity index (χ4v) is 27.5. The summed E-state index contributed by atoms with van der Waals surface area (Å²) in [6.45, 7) is 9.16. The molecule has 4 aromatic carbocycles. The molecule has 144 valence electrons. The first-order valence-corrected chi connectivity index (χ1v) is 18.1. The zero-order valence-corrected chi connectivity index (χ0v) is 21.6. The molecule has 0 aliphatic carbocycles. The molecular formula is C28H28Pb. The molecule has 0 aromatic heterocycles. The first-order chi connectivity index (χ1) is 14.1. The molecule has 0 unspecified atom stereocenters. The summed E-state index contributed by atoms with van der Waals surface area (Å²) in [5, 5.41) is 0. The molecule has 0 atom stereocenters. The summed E-state index contributed by atoms with van der Waals surface area (Å²) >= 11 is -3.74. The van der Waals surface area contributed by atoms with Gasteiger partial charge in [-0.1, -0.05) is 0 Å². The van der Waals surface area contributed by atoms with Crippen LogP contribution in [0.5, 0.6) is 0 Å². The van der Waals surface area contributed by atoms with Crippen molar-refractivity contribution in [2.75, 3.05) is 0 Å². The van der Waals surface area contributed by atoms with Crippen LogP contribution in [0, 0.1) is 27.7 Å². The Hall–Kier alpha value is -2.20. The van der Waals surface area contributed by atoms with Crippen LogP contribution in [0.2, 0.25) is 0 Å². The molecule has 0 nitrogen and oxygen atoms in total. The maximum atomic E-state index is 2.40. The molecule has 4 aromatic rings. The van der Waals surface area contributed by atoms with Crippen molar-refractivity contribution in [1.29, 1.82) is 0 Å². The third-order valence-electron chi connectivity index (χ3n) is 6.20. The van der Waals surface area contributed by atoms with Crippen molar-refractivity contribution < 1.29 is 0 Å². The summed E-state index contributed by atoms with van der Waals surface area (Å²) in [7, 11) is 0. The van der Waals surface area contributed by atoms with Gasteiger partial charge in [0.2, 0.25) is 0 Å². The zero-order valence-electron chi connectivity index (χ0n) is 17.7. The van der Waals surface area contributed by atoms with Gasteiger partial charge in [0.25, 0.3) is 0 Å². The Labute approximate surface area is 179 Å². The van der Waals surface area contributed by atoms with Gasteiger partial charge < -0.3 is 0 Å². The molecule has 1 heteroatoms. The van der Waals surface area contributed by atoms with Gasteiger partial charge >= 0.3 is 181 Å². The molecule has 0 aliphatic rings. The second-order valence-electron chi connectivity index (χ2n) is 8.01. The van der Waals surface area contributed by atoms with Crippen LogP contribution >= 0.6 is 0 Å². The fourth-order valence-electron chi connectivity index (χ4n) is 4.85. The Balaban J connectivity index is 2.28. The van der Waals surface area contributed by atoms with Crippen LogP contribution in [0.3, 0.4) is 0 Å². The molecule has 0 fully saturated rings. The summed E-state index contributed by atoms with van der Waals surface area (Å²) in [6.07, 6.45) is 0. The SMILES string of the molecule is Cc1cccc[c]1[Pb]([c]1ccccc1C)([c]1ccccc1C)[c]1ccccc1C. The summed E-state index contributed by atoms with van der Waals surface area (Å²) in [5.41, 5.74) is 5.63. The summed E-state index contributed by atoms with van der Waals surface area (Å²) in [6, 6.07) is 36.4. The van der Waals surface area contributed by atoms with E-state index in [1.807, 2.05) is 0 Å². The molecule has 0 saturated heterocycles. The Morgan fingerprint density at radius 3 is 0.759 bits per heavy atom. The number of hydrogen-bond acceptors (Lipinski definition) is 0. The van der Waals surface area contributed by atoms with E-state index in [9.17, 15) is 0 Å². The Kier molecular flexibility index (Phi) is 5.73. The molecule has 0 bridgehead atoms. The van der Waals surface area contributed by atoms with Gasteiger partial charge in [-0.2, -0.15) is 0 Å². The Morgan fingerprint density at radius 2 is 0.552 bits per heavy atom. The van der Waals surface area contributed by atoms with Crippen molar-refractivity contribution in [3.63, 3.8) is 0 Å². The van der Waals surface area contributed by atoms with Crippen LogP contribution in [0.1, 0.15) is 22.3 Å².